The van der Waals surface area contributed by atoms with Crippen LogP contribution in [0.1, 0.15) is 37.2 Å². The van der Waals surface area contributed by atoms with E-state index in [1.54, 1.807) is 11.8 Å². The molecule has 0 aliphatic heterocycles. The molecule has 0 spiro atoms. The fraction of sp³-hybridized carbons (Fsp3) is 0.643. The molecule has 4 nitrogen and oxygen atoms in total. The van der Waals surface area contributed by atoms with Gasteiger partial charge in [-0.2, -0.15) is 5.26 Å². The standard InChI is InChI=1S/C14H22N4S/c1-9(7-14(5,8-15)16-6)19-13-17-11(3)10(2)12(4)18-13/h9,16H,7H2,1-6H3. The highest BCUT2D eigenvalue weighted by Gasteiger charge is 2.25. The molecule has 2 unspecified atom stereocenters. The van der Waals surface area contributed by atoms with Crippen molar-refractivity contribution < 1.29 is 0 Å². The number of hydrogen-bond acceptors (Lipinski definition) is 5. The fourth-order valence-electron chi connectivity index (χ4n) is 1.79. The first kappa shape index (κ1) is 15.9. The molecule has 104 valence electrons. The molecule has 2 atom stereocenters. The average Bonchev–Trinajstić information content (AvgIpc) is 2.35. The number of aromatic nitrogens is 2. The first-order valence-electron chi connectivity index (χ1n) is 6.40. The third kappa shape index (κ3) is 4.19. The van der Waals surface area contributed by atoms with E-state index in [2.05, 4.69) is 28.3 Å². The van der Waals surface area contributed by atoms with Crippen LogP contribution in [0.3, 0.4) is 0 Å². The predicted molar refractivity (Wildman–Crippen MR) is 79.3 cm³/mol. The smallest absolute Gasteiger partial charge is 0.188 e. The Morgan fingerprint density at radius 2 is 1.84 bits per heavy atom. The van der Waals surface area contributed by atoms with Crippen LogP contribution in [-0.4, -0.2) is 27.8 Å². The highest BCUT2D eigenvalue weighted by Crippen LogP contribution is 2.27. The Labute approximate surface area is 120 Å². The second-order valence-corrected chi connectivity index (χ2v) is 6.53. The third-order valence-electron chi connectivity index (χ3n) is 3.41. The molecule has 0 saturated heterocycles. The van der Waals surface area contributed by atoms with Crippen molar-refractivity contribution in [1.82, 2.24) is 15.3 Å². The molecule has 0 aliphatic rings. The monoisotopic (exact) mass is 278 g/mol. The summed E-state index contributed by atoms with van der Waals surface area (Å²) in [5.74, 6) is 0. The third-order valence-corrected chi connectivity index (χ3v) is 4.38. The molecule has 1 rings (SSSR count). The summed E-state index contributed by atoms with van der Waals surface area (Å²) >= 11 is 1.62. The quantitative estimate of drug-likeness (QED) is 0.663. The van der Waals surface area contributed by atoms with Gasteiger partial charge in [-0.25, -0.2) is 9.97 Å². The molecule has 0 aromatic carbocycles. The fourth-order valence-corrected chi connectivity index (χ4v) is 2.95. The van der Waals surface area contributed by atoms with Crippen LogP contribution in [0.15, 0.2) is 5.16 Å². The van der Waals surface area contributed by atoms with Crippen molar-refractivity contribution in [2.75, 3.05) is 7.05 Å². The molecule has 5 heteroatoms. The van der Waals surface area contributed by atoms with Gasteiger partial charge in [0.2, 0.25) is 0 Å². The molecule has 1 heterocycles. The van der Waals surface area contributed by atoms with Gasteiger partial charge in [0.1, 0.15) is 5.54 Å². The summed E-state index contributed by atoms with van der Waals surface area (Å²) < 4.78 is 0. The summed E-state index contributed by atoms with van der Waals surface area (Å²) in [6.45, 7) is 10.1. The number of hydrogen-bond donors (Lipinski definition) is 1. The van der Waals surface area contributed by atoms with Crippen molar-refractivity contribution in [2.45, 2.75) is 57.0 Å². The molecule has 1 aromatic rings. The van der Waals surface area contributed by atoms with E-state index in [0.29, 0.717) is 0 Å². The van der Waals surface area contributed by atoms with Gasteiger partial charge in [-0.3, -0.25) is 0 Å². The normalized spacial score (nSPS) is 15.6. The van der Waals surface area contributed by atoms with Crippen LogP contribution in [0.25, 0.3) is 0 Å². The first-order valence-corrected chi connectivity index (χ1v) is 7.28. The van der Waals surface area contributed by atoms with Crippen molar-refractivity contribution in [3.63, 3.8) is 0 Å². The van der Waals surface area contributed by atoms with Gasteiger partial charge in [0.05, 0.1) is 6.07 Å². The Bertz CT molecular complexity index is 472. The van der Waals surface area contributed by atoms with Crippen LogP contribution < -0.4 is 5.32 Å². The van der Waals surface area contributed by atoms with Crippen LogP contribution in [-0.2, 0) is 0 Å². The summed E-state index contributed by atoms with van der Waals surface area (Å²) in [5, 5.41) is 13.3. The van der Waals surface area contributed by atoms with Gasteiger partial charge in [-0.1, -0.05) is 18.7 Å². The van der Waals surface area contributed by atoms with Gasteiger partial charge in [-0.05, 0) is 46.7 Å². The summed E-state index contributed by atoms with van der Waals surface area (Å²) in [7, 11) is 1.82. The molecule has 0 bridgehead atoms. The van der Waals surface area contributed by atoms with Crippen LogP contribution in [0.5, 0.6) is 0 Å². The van der Waals surface area contributed by atoms with E-state index >= 15 is 0 Å². The Morgan fingerprint density at radius 1 is 1.32 bits per heavy atom. The lowest BCUT2D eigenvalue weighted by Gasteiger charge is -2.24. The largest absolute Gasteiger partial charge is 0.303 e. The number of rotatable bonds is 5. The minimum Gasteiger partial charge on any atom is -0.303 e. The zero-order valence-corrected chi connectivity index (χ0v) is 13.4. The maximum Gasteiger partial charge on any atom is 0.188 e. The van der Waals surface area contributed by atoms with Gasteiger partial charge in [0.15, 0.2) is 5.16 Å². The van der Waals surface area contributed by atoms with E-state index in [0.717, 1.165) is 28.5 Å². The second kappa shape index (κ2) is 6.36. The number of nitrogens with zero attached hydrogens (tertiary/aromatic N) is 3. The number of aryl methyl sites for hydroxylation is 2. The molecular formula is C14H22N4S. The predicted octanol–water partition coefficient (Wildman–Crippen LogP) is 2.77. The molecule has 0 fully saturated rings. The molecule has 0 saturated carbocycles. The molecule has 0 aliphatic carbocycles. The minimum atomic E-state index is -0.499. The minimum absolute atomic E-state index is 0.276. The van der Waals surface area contributed by atoms with Crippen LogP contribution in [0.2, 0.25) is 0 Å². The van der Waals surface area contributed by atoms with Crippen molar-refractivity contribution >= 4 is 11.8 Å². The van der Waals surface area contributed by atoms with Crippen molar-refractivity contribution in [1.29, 1.82) is 5.26 Å². The average molecular weight is 278 g/mol. The Morgan fingerprint density at radius 3 is 2.26 bits per heavy atom. The summed E-state index contributed by atoms with van der Waals surface area (Å²) in [6.07, 6.45) is 0.750. The maximum absolute atomic E-state index is 9.17. The molecule has 0 radical (unpaired) electrons. The zero-order chi connectivity index (χ0) is 14.6. The molecule has 19 heavy (non-hydrogen) atoms. The van der Waals surface area contributed by atoms with Crippen molar-refractivity contribution in [2.24, 2.45) is 0 Å². The lowest BCUT2D eigenvalue weighted by molar-refractivity contribution is 0.455. The van der Waals surface area contributed by atoms with Gasteiger partial charge in [0.25, 0.3) is 0 Å². The molecular weight excluding hydrogens is 256 g/mol. The van der Waals surface area contributed by atoms with Crippen LogP contribution >= 0.6 is 11.8 Å². The van der Waals surface area contributed by atoms with Gasteiger partial charge >= 0.3 is 0 Å². The Kier molecular flexibility index (Phi) is 5.33. The number of nitriles is 1. The van der Waals surface area contributed by atoms with Crippen LogP contribution in [0, 0.1) is 32.1 Å². The zero-order valence-electron chi connectivity index (χ0n) is 12.5. The van der Waals surface area contributed by atoms with E-state index < -0.39 is 5.54 Å². The maximum atomic E-state index is 9.17. The topological polar surface area (TPSA) is 61.6 Å². The van der Waals surface area contributed by atoms with Crippen molar-refractivity contribution in [3.05, 3.63) is 17.0 Å². The number of nitrogens with one attached hydrogen (secondary N) is 1. The second-order valence-electron chi connectivity index (χ2n) is 5.13. The lowest BCUT2D eigenvalue weighted by atomic mass is 9.98. The Hall–Kier alpha value is -1.12. The van der Waals surface area contributed by atoms with Crippen LogP contribution in [0.4, 0.5) is 0 Å². The molecule has 1 aromatic heterocycles. The highest BCUT2D eigenvalue weighted by molar-refractivity contribution is 7.99. The molecule has 1 N–H and O–H groups in total. The Balaban J connectivity index is 2.78. The van der Waals surface area contributed by atoms with E-state index in [1.165, 1.54) is 0 Å². The molecule has 0 amide bonds. The summed E-state index contributed by atoms with van der Waals surface area (Å²) in [4.78, 5) is 9.01. The van der Waals surface area contributed by atoms with E-state index in [-0.39, 0.29) is 5.25 Å². The number of thioether (sulfide) groups is 1. The van der Waals surface area contributed by atoms with E-state index in [1.807, 2.05) is 34.7 Å². The van der Waals surface area contributed by atoms with E-state index in [4.69, 9.17) is 0 Å². The SMILES string of the molecule is CNC(C)(C#N)CC(C)Sc1nc(C)c(C)c(C)n1. The van der Waals surface area contributed by atoms with Gasteiger partial charge in [0, 0.05) is 16.6 Å². The van der Waals surface area contributed by atoms with Gasteiger partial charge in [-0.15, -0.1) is 0 Å². The van der Waals surface area contributed by atoms with E-state index in [9.17, 15) is 5.26 Å². The highest BCUT2D eigenvalue weighted by atomic mass is 32.2. The first-order chi connectivity index (χ1) is 8.81. The van der Waals surface area contributed by atoms with Gasteiger partial charge < -0.3 is 5.32 Å². The lowest BCUT2D eigenvalue weighted by Crippen LogP contribution is -2.40. The van der Waals surface area contributed by atoms with Crippen molar-refractivity contribution in [3.8, 4) is 6.07 Å². The summed E-state index contributed by atoms with van der Waals surface area (Å²) in [6, 6.07) is 2.31. The summed E-state index contributed by atoms with van der Waals surface area (Å²) in [5.41, 5.74) is 2.70.